The summed E-state index contributed by atoms with van der Waals surface area (Å²) in [6.45, 7) is 17.8. The van der Waals surface area contributed by atoms with Gasteiger partial charge in [-0.3, -0.25) is 4.79 Å². The highest BCUT2D eigenvalue weighted by Crippen LogP contribution is 2.75. The molecule has 0 aromatic heterocycles. The van der Waals surface area contributed by atoms with Gasteiger partial charge in [-0.2, -0.15) is 0 Å². The fourth-order valence-electron chi connectivity index (χ4n) is 11.0. The molecule has 1 heterocycles. The van der Waals surface area contributed by atoms with E-state index < -0.39 is 5.60 Å². The lowest BCUT2D eigenvalue weighted by Gasteiger charge is -2.70. The number of ether oxygens (including phenoxy) is 1. The summed E-state index contributed by atoms with van der Waals surface area (Å²) < 4.78 is 6.67. The third kappa shape index (κ3) is 3.09. The van der Waals surface area contributed by atoms with Gasteiger partial charge in [-0.15, -0.1) is 0 Å². The lowest BCUT2D eigenvalue weighted by molar-refractivity contribution is -0.243. The summed E-state index contributed by atoms with van der Waals surface area (Å²) in [7, 11) is 0. The van der Waals surface area contributed by atoms with E-state index in [1.54, 1.807) is 0 Å². The maximum atomic E-state index is 12.9. The molecule has 1 aliphatic heterocycles. The molecule has 1 saturated heterocycles. The van der Waals surface area contributed by atoms with Gasteiger partial charge in [0.1, 0.15) is 5.78 Å². The normalized spacial score (nSPS) is 54.9. The van der Waals surface area contributed by atoms with E-state index in [1.807, 2.05) is 13.8 Å². The summed E-state index contributed by atoms with van der Waals surface area (Å²) in [6.07, 6.45) is 8.44. The summed E-state index contributed by atoms with van der Waals surface area (Å²) in [5.41, 5.74) is -1.09. The van der Waals surface area contributed by atoms with Crippen LogP contribution in [0.4, 0.5) is 0 Å². The molecule has 4 saturated carbocycles. The number of fused-ring (bicyclic) bond motifs is 5. The number of Topliss-reactive ketones (excluding diaryl/α,β-unsaturated/α-hetero) is 1. The van der Waals surface area contributed by atoms with Crippen molar-refractivity contribution in [3.8, 4) is 0 Å². The van der Waals surface area contributed by atoms with E-state index in [0.29, 0.717) is 30.0 Å². The molecule has 0 radical (unpaired) electrons. The lowest BCUT2D eigenvalue weighted by Crippen LogP contribution is -2.67. The minimum absolute atomic E-state index is 0.00958. The Hall–Kier alpha value is -0.450. The molecule has 2 N–H and O–H groups in total. The Morgan fingerprint density at radius 1 is 0.882 bits per heavy atom. The molecule has 0 spiro atoms. The van der Waals surface area contributed by atoms with Crippen LogP contribution in [0, 0.1) is 45.3 Å². The van der Waals surface area contributed by atoms with Gasteiger partial charge in [-0.1, -0.05) is 34.6 Å². The van der Waals surface area contributed by atoms with Crippen molar-refractivity contribution in [2.24, 2.45) is 45.3 Å². The molecule has 4 aliphatic carbocycles. The minimum Gasteiger partial charge on any atom is -0.393 e. The predicted octanol–water partition coefficient (Wildman–Crippen LogP) is 5.92. The van der Waals surface area contributed by atoms with E-state index in [4.69, 9.17) is 4.74 Å². The number of aliphatic hydroxyl groups is 2. The van der Waals surface area contributed by atoms with Crippen LogP contribution in [0.1, 0.15) is 113 Å². The van der Waals surface area contributed by atoms with Gasteiger partial charge in [0.15, 0.2) is 0 Å². The summed E-state index contributed by atoms with van der Waals surface area (Å²) in [5.74, 6) is 1.88. The summed E-state index contributed by atoms with van der Waals surface area (Å²) in [5, 5.41) is 22.6. The standard InChI is InChI=1S/C30H50O4/c1-25(2)21-10-15-29(7)24(27(21,5)13-11-22(25)32)20(31)17-19-18(9-14-28(19,29)6)30(8)16-12-23(34-30)26(3,4)33/h18-21,23-24,31,33H,9-17H2,1-8H3/t18-,19+,20+,21?,23+,24+,27-,28-,29+,30-/m0/s1. The Morgan fingerprint density at radius 2 is 1.53 bits per heavy atom. The maximum absolute atomic E-state index is 12.9. The molecule has 0 bridgehead atoms. The third-order valence-electron chi connectivity index (χ3n) is 13.0. The van der Waals surface area contributed by atoms with E-state index in [1.165, 1.54) is 6.42 Å². The number of carbonyl (C=O) groups excluding carboxylic acids is 1. The van der Waals surface area contributed by atoms with Crippen LogP contribution >= 0.6 is 0 Å². The lowest BCUT2D eigenvalue weighted by atomic mass is 9.35. The van der Waals surface area contributed by atoms with Crippen molar-refractivity contribution in [2.45, 2.75) is 137 Å². The highest BCUT2D eigenvalue weighted by atomic mass is 16.5. The van der Waals surface area contributed by atoms with Gasteiger partial charge < -0.3 is 14.9 Å². The third-order valence-corrected chi connectivity index (χ3v) is 13.0. The number of hydrogen-bond acceptors (Lipinski definition) is 4. The second-order valence-corrected chi connectivity index (χ2v) is 15.2. The zero-order chi connectivity index (χ0) is 25.1. The fraction of sp³-hybridized carbons (Fsp3) is 0.967. The summed E-state index contributed by atoms with van der Waals surface area (Å²) in [6, 6.07) is 0. The predicted molar refractivity (Wildman–Crippen MR) is 134 cm³/mol. The molecule has 194 valence electrons. The van der Waals surface area contributed by atoms with Crippen LogP contribution in [-0.2, 0) is 9.53 Å². The van der Waals surface area contributed by atoms with Crippen molar-refractivity contribution in [1.82, 2.24) is 0 Å². The van der Waals surface area contributed by atoms with Crippen LogP contribution in [0.2, 0.25) is 0 Å². The Labute approximate surface area is 207 Å². The van der Waals surface area contributed by atoms with Crippen molar-refractivity contribution < 1.29 is 19.7 Å². The highest BCUT2D eigenvalue weighted by Gasteiger charge is 2.72. The van der Waals surface area contributed by atoms with E-state index >= 15 is 0 Å². The van der Waals surface area contributed by atoms with Gasteiger partial charge in [0.2, 0.25) is 0 Å². The van der Waals surface area contributed by atoms with Crippen molar-refractivity contribution in [3.63, 3.8) is 0 Å². The van der Waals surface area contributed by atoms with Crippen molar-refractivity contribution in [1.29, 1.82) is 0 Å². The number of aliphatic hydroxyl groups excluding tert-OH is 1. The molecule has 0 amide bonds. The summed E-state index contributed by atoms with van der Waals surface area (Å²) in [4.78, 5) is 12.9. The second kappa shape index (κ2) is 7.32. The van der Waals surface area contributed by atoms with Crippen molar-refractivity contribution >= 4 is 5.78 Å². The van der Waals surface area contributed by atoms with Crippen molar-refractivity contribution in [3.05, 3.63) is 0 Å². The Bertz CT molecular complexity index is 858. The van der Waals surface area contributed by atoms with E-state index in [2.05, 4.69) is 41.5 Å². The summed E-state index contributed by atoms with van der Waals surface area (Å²) >= 11 is 0. The van der Waals surface area contributed by atoms with Crippen LogP contribution in [0.15, 0.2) is 0 Å². The van der Waals surface area contributed by atoms with E-state index in [0.717, 1.165) is 44.9 Å². The quantitative estimate of drug-likeness (QED) is 0.521. The minimum atomic E-state index is -0.818. The first-order valence-electron chi connectivity index (χ1n) is 14.1. The van der Waals surface area contributed by atoms with Crippen LogP contribution in [0.5, 0.6) is 0 Å². The highest BCUT2D eigenvalue weighted by molar-refractivity contribution is 5.85. The number of ketones is 1. The number of rotatable bonds is 2. The number of carbonyl (C=O) groups is 1. The average Bonchev–Trinajstić information content (AvgIpc) is 3.27. The average molecular weight is 475 g/mol. The molecule has 4 heteroatoms. The van der Waals surface area contributed by atoms with E-state index in [9.17, 15) is 15.0 Å². The van der Waals surface area contributed by atoms with Gasteiger partial charge >= 0.3 is 0 Å². The molecule has 5 aliphatic rings. The smallest absolute Gasteiger partial charge is 0.138 e. The Kier molecular flexibility index (Phi) is 5.42. The molecule has 34 heavy (non-hydrogen) atoms. The second-order valence-electron chi connectivity index (χ2n) is 15.2. The van der Waals surface area contributed by atoms with Gasteiger partial charge in [0.25, 0.3) is 0 Å². The molecular weight excluding hydrogens is 424 g/mol. The molecule has 10 atom stereocenters. The van der Waals surface area contributed by atoms with E-state index in [-0.39, 0.29) is 45.4 Å². The van der Waals surface area contributed by atoms with Crippen molar-refractivity contribution in [2.75, 3.05) is 0 Å². The topological polar surface area (TPSA) is 66.8 Å². The Morgan fingerprint density at radius 3 is 2.15 bits per heavy atom. The monoisotopic (exact) mass is 474 g/mol. The van der Waals surface area contributed by atoms with Gasteiger partial charge in [0, 0.05) is 11.8 Å². The van der Waals surface area contributed by atoms with Gasteiger partial charge in [0.05, 0.1) is 23.4 Å². The molecular formula is C30H50O4. The molecule has 1 unspecified atom stereocenters. The maximum Gasteiger partial charge on any atom is 0.138 e. The molecule has 0 aromatic carbocycles. The van der Waals surface area contributed by atoms with Crippen LogP contribution in [0.25, 0.3) is 0 Å². The van der Waals surface area contributed by atoms with Gasteiger partial charge in [-0.05, 0) is 112 Å². The molecule has 5 fully saturated rings. The van der Waals surface area contributed by atoms with Gasteiger partial charge in [-0.25, -0.2) is 0 Å². The van der Waals surface area contributed by atoms with Crippen LogP contribution in [0.3, 0.4) is 0 Å². The SMILES string of the molecule is CC1(C)C(=O)CC[C@@]2(C)C1CC[C@]1(C)[C@@H]2[C@H](O)C[C@@H]2[C@@H]([C@]3(C)CC[C@H](C(C)(C)O)O3)CC[C@@]21C. The van der Waals surface area contributed by atoms with Crippen LogP contribution in [-0.4, -0.2) is 39.4 Å². The Balaban J connectivity index is 1.49. The van der Waals surface area contributed by atoms with Crippen LogP contribution < -0.4 is 0 Å². The number of hydrogen-bond donors (Lipinski definition) is 2. The first-order chi connectivity index (χ1) is 15.5. The largest absolute Gasteiger partial charge is 0.393 e. The molecule has 4 nitrogen and oxygen atoms in total. The zero-order valence-corrected chi connectivity index (χ0v) is 23.0. The fourth-order valence-corrected chi connectivity index (χ4v) is 11.0. The zero-order valence-electron chi connectivity index (χ0n) is 23.0. The first kappa shape index (κ1) is 25.2. The molecule has 5 rings (SSSR count). The molecule has 0 aromatic rings. The first-order valence-corrected chi connectivity index (χ1v) is 14.1.